The molecule has 3 aromatic rings. The lowest BCUT2D eigenvalue weighted by Crippen LogP contribution is -2.20. The smallest absolute Gasteiger partial charge is 0.226 e. The Balaban J connectivity index is 1.82. The van der Waals surface area contributed by atoms with Crippen LogP contribution in [0.4, 0.5) is 14.5 Å². The minimum absolute atomic E-state index is 0.0752. The van der Waals surface area contributed by atoms with Gasteiger partial charge >= 0.3 is 0 Å². The molecule has 0 saturated carbocycles. The van der Waals surface area contributed by atoms with Crippen molar-refractivity contribution in [2.45, 2.75) is 12.5 Å². The quantitative estimate of drug-likeness (QED) is 0.679. The monoisotopic (exact) mass is 360 g/mol. The number of carbonyl (C=O) groups is 1. The third-order valence-corrected chi connectivity index (χ3v) is 4.12. The highest BCUT2D eigenvalue weighted by Gasteiger charge is 2.18. The lowest BCUT2D eigenvalue weighted by Gasteiger charge is -2.19. The van der Waals surface area contributed by atoms with E-state index in [-0.39, 0.29) is 29.2 Å². The molecule has 25 heavy (non-hydrogen) atoms. The number of amides is 1. The van der Waals surface area contributed by atoms with E-state index in [1.807, 2.05) is 29.1 Å². The molecule has 0 fully saturated rings. The third-order valence-electron chi connectivity index (χ3n) is 3.80. The third kappa shape index (κ3) is 4.25. The summed E-state index contributed by atoms with van der Waals surface area (Å²) in [6, 6.07) is 13.2. The molecular formula is C19H15ClF2N2O. The standard InChI is InChI=1S/C19H15ClF2N2O/c20-16-11-15(22)6-7-17(16)23-19(25)12-18(24-8-1-2-9-24)13-4-3-5-14(21)10-13/h1-11,18H,12H2,(H,23,25)/t18-/m1/s1. The number of aromatic nitrogens is 1. The van der Waals surface area contributed by atoms with Crippen molar-refractivity contribution in [1.29, 1.82) is 0 Å². The molecule has 0 aliphatic rings. The number of nitrogens with one attached hydrogen (secondary N) is 1. The summed E-state index contributed by atoms with van der Waals surface area (Å²) >= 11 is 5.94. The van der Waals surface area contributed by atoms with Crippen LogP contribution in [0.15, 0.2) is 67.0 Å². The molecule has 128 valence electrons. The zero-order valence-corrected chi connectivity index (χ0v) is 13.9. The first-order chi connectivity index (χ1) is 12.0. The Labute approximate surface area is 148 Å². The average molecular weight is 361 g/mol. The summed E-state index contributed by atoms with van der Waals surface area (Å²) in [7, 11) is 0. The van der Waals surface area contributed by atoms with Crippen molar-refractivity contribution in [3.05, 3.63) is 89.2 Å². The minimum atomic E-state index is -0.479. The Morgan fingerprint density at radius 3 is 2.44 bits per heavy atom. The molecule has 6 heteroatoms. The molecule has 1 N–H and O–H groups in total. The average Bonchev–Trinajstić information content (AvgIpc) is 3.09. The van der Waals surface area contributed by atoms with Gasteiger partial charge in [-0.3, -0.25) is 4.79 Å². The van der Waals surface area contributed by atoms with Gasteiger partial charge in [-0.1, -0.05) is 23.7 Å². The zero-order valence-electron chi connectivity index (χ0n) is 13.1. The molecule has 0 unspecified atom stereocenters. The van der Waals surface area contributed by atoms with Gasteiger partial charge in [0.1, 0.15) is 11.6 Å². The van der Waals surface area contributed by atoms with Crippen LogP contribution >= 0.6 is 11.6 Å². The molecular weight excluding hydrogens is 346 g/mol. The second-order valence-corrected chi connectivity index (χ2v) is 5.98. The van der Waals surface area contributed by atoms with E-state index >= 15 is 0 Å². The fourth-order valence-corrected chi connectivity index (χ4v) is 2.85. The highest BCUT2D eigenvalue weighted by molar-refractivity contribution is 6.33. The number of anilines is 1. The number of carbonyl (C=O) groups excluding carboxylic acids is 1. The highest BCUT2D eigenvalue weighted by atomic mass is 35.5. The van der Waals surface area contributed by atoms with Crippen LogP contribution in [0.1, 0.15) is 18.0 Å². The number of halogens is 3. The van der Waals surface area contributed by atoms with E-state index < -0.39 is 5.82 Å². The molecule has 0 aliphatic carbocycles. The van der Waals surface area contributed by atoms with Gasteiger partial charge in [-0.2, -0.15) is 0 Å². The maximum absolute atomic E-state index is 13.6. The van der Waals surface area contributed by atoms with Crippen molar-refractivity contribution in [2.75, 3.05) is 5.32 Å². The van der Waals surface area contributed by atoms with E-state index in [0.29, 0.717) is 11.3 Å². The van der Waals surface area contributed by atoms with Gasteiger partial charge in [0.25, 0.3) is 0 Å². The van der Waals surface area contributed by atoms with Gasteiger partial charge in [0.15, 0.2) is 0 Å². The van der Waals surface area contributed by atoms with Gasteiger partial charge in [-0.25, -0.2) is 8.78 Å². The SMILES string of the molecule is O=C(C[C@H](c1cccc(F)c1)n1cccc1)Nc1ccc(F)cc1Cl. The highest BCUT2D eigenvalue weighted by Crippen LogP contribution is 2.26. The van der Waals surface area contributed by atoms with Crippen molar-refractivity contribution in [1.82, 2.24) is 4.57 Å². The van der Waals surface area contributed by atoms with Crippen LogP contribution < -0.4 is 5.32 Å². The fourth-order valence-electron chi connectivity index (χ4n) is 2.63. The fraction of sp³-hybridized carbons (Fsp3) is 0.105. The van der Waals surface area contributed by atoms with Crippen LogP contribution in [0.3, 0.4) is 0 Å². The normalized spacial score (nSPS) is 12.0. The maximum Gasteiger partial charge on any atom is 0.226 e. The van der Waals surface area contributed by atoms with Crippen molar-refractivity contribution in [2.24, 2.45) is 0 Å². The summed E-state index contributed by atoms with van der Waals surface area (Å²) in [6.45, 7) is 0. The Morgan fingerprint density at radius 2 is 1.76 bits per heavy atom. The van der Waals surface area contributed by atoms with E-state index in [1.165, 1.54) is 24.3 Å². The van der Waals surface area contributed by atoms with Crippen LogP contribution in [0.5, 0.6) is 0 Å². The molecule has 0 spiro atoms. The molecule has 1 atom stereocenters. The molecule has 3 nitrogen and oxygen atoms in total. The molecule has 1 amide bonds. The van der Waals surface area contributed by atoms with Gasteiger partial charge in [0, 0.05) is 12.4 Å². The summed E-state index contributed by atoms with van der Waals surface area (Å²) in [5.74, 6) is -1.15. The maximum atomic E-state index is 13.6. The van der Waals surface area contributed by atoms with E-state index in [9.17, 15) is 13.6 Å². The molecule has 0 saturated heterocycles. The Morgan fingerprint density at radius 1 is 1.04 bits per heavy atom. The zero-order chi connectivity index (χ0) is 17.8. The molecule has 0 aliphatic heterocycles. The summed E-state index contributed by atoms with van der Waals surface area (Å²) in [5, 5.41) is 2.79. The Hall–Kier alpha value is -2.66. The summed E-state index contributed by atoms with van der Waals surface area (Å²) in [5.41, 5.74) is 1.01. The van der Waals surface area contributed by atoms with Gasteiger partial charge < -0.3 is 9.88 Å². The topological polar surface area (TPSA) is 34.0 Å². The van der Waals surface area contributed by atoms with E-state index in [1.54, 1.807) is 12.1 Å². The van der Waals surface area contributed by atoms with Crippen LogP contribution in [-0.2, 0) is 4.79 Å². The van der Waals surface area contributed by atoms with Gasteiger partial charge in [0.05, 0.1) is 23.2 Å². The lowest BCUT2D eigenvalue weighted by atomic mass is 10.0. The second kappa shape index (κ2) is 7.49. The number of hydrogen-bond acceptors (Lipinski definition) is 1. The summed E-state index contributed by atoms with van der Waals surface area (Å²) in [4.78, 5) is 12.4. The molecule has 0 radical (unpaired) electrons. The predicted octanol–water partition coefficient (Wildman–Crippen LogP) is 5.04. The number of rotatable bonds is 5. The molecule has 1 aromatic heterocycles. The van der Waals surface area contributed by atoms with Crippen molar-refractivity contribution >= 4 is 23.2 Å². The second-order valence-electron chi connectivity index (χ2n) is 5.58. The first-order valence-corrected chi connectivity index (χ1v) is 8.03. The summed E-state index contributed by atoms with van der Waals surface area (Å²) < 4.78 is 28.5. The minimum Gasteiger partial charge on any atom is -0.346 e. The van der Waals surface area contributed by atoms with Crippen LogP contribution in [0.2, 0.25) is 5.02 Å². The predicted molar refractivity (Wildman–Crippen MR) is 93.6 cm³/mol. The largest absolute Gasteiger partial charge is 0.346 e. The van der Waals surface area contributed by atoms with Gasteiger partial charge in [-0.15, -0.1) is 0 Å². The number of nitrogens with zero attached hydrogens (tertiary/aromatic N) is 1. The first kappa shape index (κ1) is 17.2. The van der Waals surface area contributed by atoms with Gasteiger partial charge in [-0.05, 0) is 48.0 Å². The number of hydrogen-bond donors (Lipinski definition) is 1. The molecule has 2 aromatic carbocycles. The van der Waals surface area contributed by atoms with Gasteiger partial charge in [0.2, 0.25) is 5.91 Å². The van der Waals surface area contributed by atoms with E-state index in [2.05, 4.69) is 5.32 Å². The molecule has 0 bridgehead atoms. The summed E-state index contributed by atoms with van der Waals surface area (Å²) in [6.07, 6.45) is 3.70. The van der Waals surface area contributed by atoms with Crippen molar-refractivity contribution in [3.8, 4) is 0 Å². The first-order valence-electron chi connectivity index (χ1n) is 7.66. The Bertz CT molecular complexity index is 881. The van der Waals surface area contributed by atoms with Crippen LogP contribution in [0, 0.1) is 11.6 Å². The van der Waals surface area contributed by atoms with Crippen molar-refractivity contribution in [3.63, 3.8) is 0 Å². The van der Waals surface area contributed by atoms with Crippen LogP contribution in [0.25, 0.3) is 0 Å². The number of benzene rings is 2. The molecule has 1 heterocycles. The Kier molecular flexibility index (Phi) is 5.14. The molecule has 3 rings (SSSR count). The van der Waals surface area contributed by atoms with E-state index in [4.69, 9.17) is 11.6 Å². The van der Waals surface area contributed by atoms with E-state index in [0.717, 1.165) is 6.07 Å². The van der Waals surface area contributed by atoms with Crippen LogP contribution in [-0.4, -0.2) is 10.5 Å². The van der Waals surface area contributed by atoms with Crippen molar-refractivity contribution < 1.29 is 13.6 Å². The lowest BCUT2D eigenvalue weighted by molar-refractivity contribution is -0.116.